The summed E-state index contributed by atoms with van der Waals surface area (Å²) in [5, 5.41) is 13.8. The molecule has 0 saturated heterocycles. The number of nitrogens with one attached hydrogen (secondary N) is 2. The molecule has 2 aromatic carbocycles. The van der Waals surface area contributed by atoms with Gasteiger partial charge >= 0.3 is 5.97 Å². The summed E-state index contributed by atoms with van der Waals surface area (Å²) in [5.41, 5.74) is 4.34. The van der Waals surface area contributed by atoms with E-state index in [1.165, 1.54) is 0 Å². The van der Waals surface area contributed by atoms with Gasteiger partial charge in [0.2, 0.25) is 0 Å². The number of aromatic nitrogens is 1. The molecular formula is C19H20N2O2. The predicted octanol–water partition coefficient (Wildman–Crippen LogP) is 3.26. The Labute approximate surface area is 135 Å². The number of aryl methyl sites for hydroxylation is 1. The average Bonchev–Trinajstić information content (AvgIpc) is 2.95. The molecule has 1 aromatic heterocycles. The number of hydrogen-bond acceptors (Lipinski definition) is 2. The fraction of sp³-hybridized carbons (Fsp3) is 0.211. The molecule has 0 amide bonds. The lowest BCUT2D eigenvalue weighted by atomic mass is 10.0. The Morgan fingerprint density at radius 2 is 1.87 bits per heavy atom. The van der Waals surface area contributed by atoms with Crippen molar-refractivity contribution in [2.75, 3.05) is 0 Å². The summed E-state index contributed by atoms with van der Waals surface area (Å²) < 4.78 is 0. The van der Waals surface area contributed by atoms with Gasteiger partial charge in [-0.05, 0) is 29.7 Å². The smallest absolute Gasteiger partial charge is 0.321 e. The second-order valence-electron chi connectivity index (χ2n) is 5.76. The molecule has 0 bridgehead atoms. The van der Waals surface area contributed by atoms with E-state index in [-0.39, 0.29) is 0 Å². The first-order valence-electron chi connectivity index (χ1n) is 7.71. The van der Waals surface area contributed by atoms with Gasteiger partial charge in [-0.2, -0.15) is 0 Å². The summed E-state index contributed by atoms with van der Waals surface area (Å²) in [6, 6.07) is 15.3. The molecule has 118 valence electrons. The van der Waals surface area contributed by atoms with Crippen LogP contribution in [-0.4, -0.2) is 22.1 Å². The van der Waals surface area contributed by atoms with E-state index in [4.69, 9.17) is 0 Å². The Morgan fingerprint density at radius 1 is 1.13 bits per heavy atom. The van der Waals surface area contributed by atoms with Crippen molar-refractivity contribution < 1.29 is 9.90 Å². The molecule has 0 aliphatic heterocycles. The van der Waals surface area contributed by atoms with Crippen LogP contribution in [0.3, 0.4) is 0 Å². The number of rotatable bonds is 6. The average molecular weight is 308 g/mol. The van der Waals surface area contributed by atoms with Crippen LogP contribution in [0.5, 0.6) is 0 Å². The summed E-state index contributed by atoms with van der Waals surface area (Å²) in [5.74, 6) is -0.830. The lowest BCUT2D eigenvalue weighted by Gasteiger charge is -2.15. The number of para-hydroxylation sites is 1. The Balaban J connectivity index is 1.75. The highest BCUT2D eigenvalue weighted by Gasteiger charge is 2.19. The van der Waals surface area contributed by atoms with Gasteiger partial charge in [0.15, 0.2) is 0 Å². The van der Waals surface area contributed by atoms with Crippen molar-refractivity contribution in [3.8, 4) is 0 Å². The van der Waals surface area contributed by atoms with Crippen LogP contribution in [0.2, 0.25) is 0 Å². The van der Waals surface area contributed by atoms with Crippen LogP contribution in [-0.2, 0) is 17.8 Å². The summed E-state index contributed by atoms with van der Waals surface area (Å²) >= 11 is 0. The van der Waals surface area contributed by atoms with Gasteiger partial charge in [-0.25, -0.2) is 0 Å². The summed E-state index contributed by atoms with van der Waals surface area (Å²) in [6.07, 6.45) is 2.35. The van der Waals surface area contributed by atoms with E-state index in [0.717, 1.165) is 27.6 Å². The van der Waals surface area contributed by atoms with Gasteiger partial charge in [0.05, 0.1) is 0 Å². The topological polar surface area (TPSA) is 65.1 Å². The molecular weight excluding hydrogens is 288 g/mol. The fourth-order valence-corrected chi connectivity index (χ4v) is 2.81. The van der Waals surface area contributed by atoms with Crippen LogP contribution in [0.25, 0.3) is 10.9 Å². The molecule has 3 aromatic rings. The van der Waals surface area contributed by atoms with Gasteiger partial charge in [0, 0.05) is 30.1 Å². The second kappa shape index (κ2) is 6.67. The lowest BCUT2D eigenvalue weighted by Crippen LogP contribution is -2.38. The quantitative estimate of drug-likeness (QED) is 0.655. The third kappa shape index (κ3) is 3.43. The zero-order chi connectivity index (χ0) is 16.2. The van der Waals surface area contributed by atoms with Crippen molar-refractivity contribution in [1.82, 2.24) is 10.3 Å². The van der Waals surface area contributed by atoms with Crippen molar-refractivity contribution in [3.05, 3.63) is 71.4 Å². The van der Waals surface area contributed by atoms with Crippen molar-refractivity contribution in [2.45, 2.75) is 25.9 Å². The molecule has 0 radical (unpaired) electrons. The van der Waals surface area contributed by atoms with E-state index in [0.29, 0.717) is 13.0 Å². The van der Waals surface area contributed by atoms with Gasteiger partial charge in [0.1, 0.15) is 6.04 Å². The zero-order valence-corrected chi connectivity index (χ0v) is 13.0. The SMILES string of the molecule is Cc1ccccc1CNC(Cc1c[nH]c2ccccc12)C(=O)O. The second-order valence-corrected chi connectivity index (χ2v) is 5.76. The van der Waals surface area contributed by atoms with Crippen molar-refractivity contribution in [1.29, 1.82) is 0 Å². The number of aromatic amines is 1. The maximum absolute atomic E-state index is 11.6. The number of benzene rings is 2. The number of carboxylic acid groups (broad SMARTS) is 1. The molecule has 1 heterocycles. The highest BCUT2D eigenvalue weighted by atomic mass is 16.4. The number of fused-ring (bicyclic) bond motifs is 1. The van der Waals surface area contributed by atoms with Crippen LogP contribution in [0, 0.1) is 6.92 Å². The van der Waals surface area contributed by atoms with Crippen LogP contribution in [0.15, 0.2) is 54.7 Å². The molecule has 4 heteroatoms. The molecule has 3 N–H and O–H groups in total. The van der Waals surface area contributed by atoms with E-state index in [9.17, 15) is 9.90 Å². The van der Waals surface area contributed by atoms with Crippen molar-refractivity contribution in [3.63, 3.8) is 0 Å². The first-order chi connectivity index (χ1) is 11.1. The molecule has 0 aliphatic rings. The van der Waals surface area contributed by atoms with Crippen LogP contribution in [0.1, 0.15) is 16.7 Å². The highest BCUT2D eigenvalue weighted by Crippen LogP contribution is 2.19. The number of aliphatic carboxylic acids is 1. The van der Waals surface area contributed by atoms with E-state index >= 15 is 0 Å². The Kier molecular flexibility index (Phi) is 4.44. The monoisotopic (exact) mass is 308 g/mol. The standard InChI is InChI=1S/C19H20N2O2/c1-13-6-2-3-7-14(13)11-21-18(19(22)23)10-15-12-20-17-9-5-4-8-16(15)17/h2-9,12,18,20-21H,10-11H2,1H3,(H,22,23). The predicted molar refractivity (Wildman–Crippen MR) is 91.4 cm³/mol. The lowest BCUT2D eigenvalue weighted by molar-refractivity contribution is -0.139. The third-order valence-corrected chi connectivity index (χ3v) is 4.20. The summed E-state index contributed by atoms with van der Waals surface area (Å²) in [4.78, 5) is 14.8. The first kappa shape index (κ1) is 15.3. The molecule has 1 unspecified atom stereocenters. The highest BCUT2D eigenvalue weighted by molar-refractivity contribution is 5.84. The Hall–Kier alpha value is -2.59. The van der Waals surface area contributed by atoms with Crippen LogP contribution >= 0.6 is 0 Å². The number of carboxylic acids is 1. The minimum Gasteiger partial charge on any atom is -0.480 e. The van der Waals surface area contributed by atoms with Crippen LogP contribution in [0.4, 0.5) is 0 Å². The van der Waals surface area contributed by atoms with Gasteiger partial charge in [-0.3, -0.25) is 4.79 Å². The molecule has 1 atom stereocenters. The largest absolute Gasteiger partial charge is 0.480 e. The molecule has 0 spiro atoms. The van der Waals surface area contributed by atoms with Gasteiger partial charge in [-0.15, -0.1) is 0 Å². The minimum atomic E-state index is -0.830. The van der Waals surface area contributed by atoms with Crippen molar-refractivity contribution in [2.24, 2.45) is 0 Å². The number of H-pyrrole nitrogens is 1. The number of carbonyl (C=O) groups is 1. The zero-order valence-electron chi connectivity index (χ0n) is 13.0. The van der Waals surface area contributed by atoms with Gasteiger partial charge in [-0.1, -0.05) is 42.5 Å². The van der Waals surface area contributed by atoms with E-state index in [1.54, 1.807) is 0 Å². The molecule has 0 aliphatic carbocycles. The van der Waals surface area contributed by atoms with E-state index in [2.05, 4.69) is 10.3 Å². The molecule has 3 rings (SSSR count). The van der Waals surface area contributed by atoms with Crippen LogP contribution < -0.4 is 5.32 Å². The Morgan fingerprint density at radius 3 is 2.65 bits per heavy atom. The molecule has 0 fully saturated rings. The van der Waals surface area contributed by atoms with E-state index < -0.39 is 12.0 Å². The minimum absolute atomic E-state index is 0.450. The Bertz CT molecular complexity index is 823. The van der Waals surface area contributed by atoms with E-state index in [1.807, 2.05) is 61.7 Å². The van der Waals surface area contributed by atoms with Gasteiger partial charge in [0.25, 0.3) is 0 Å². The fourth-order valence-electron chi connectivity index (χ4n) is 2.81. The van der Waals surface area contributed by atoms with Crippen molar-refractivity contribution >= 4 is 16.9 Å². The maximum Gasteiger partial charge on any atom is 0.321 e. The number of hydrogen-bond donors (Lipinski definition) is 3. The molecule has 23 heavy (non-hydrogen) atoms. The maximum atomic E-state index is 11.6. The summed E-state index contributed by atoms with van der Waals surface area (Å²) in [6.45, 7) is 2.58. The molecule has 0 saturated carbocycles. The summed E-state index contributed by atoms with van der Waals surface area (Å²) in [7, 11) is 0. The normalized spacial score (nSPS) is 12.4. The van der Waals surface area contributed by atoms with Gasteiger partial charge < -0.3 is 15.4 Å². The molecule has 4 nitrogen and oxygen atoms in total. The third-order valence-electron chi connectivity index (χ3n) is 4.20. The first-order valence-corrected chi connectivity index (χ1v) is 7.71.